The van der Waals surface area contributed by atoms with Gasteiger partial charge < -0.3 is 16.4 Å². The largest absolute Gasteiger partial charge is 0.416 e. The van der Waals surface area contributed by atoms with E-state index in [0.29, 0.717) is 36.1 Å². The number of aryl methyl sites for hydroxylation is 1. The first kappa shape index (κ1) is 29.1. The number of alkyl halides is 3. The fraction of sp³-hybridized carbons (Fsp3) is 0.300. The zero-order valence-electron chi connectivity index (χ0n) is 23.4. The SMILES string of the molecule is Cc1ccc(NC(=O)c2ccc(CN3CC(C(C)(C)N)C3)c(C(F)(F)F)c2)cc1Nc1nccc(-c2cncnc2)n1. The van der Waals surface area contributed by atoms with E-state index in [9.17, 15) is 18.0 Å². The van der Waals surface area contributed by atoms with Crippen molar-refractivity contribution in [3.8, 4) is 11.3 Å². The van der Waals surface area contributed by atoms with Crippen molar-refractivity contribution in [1.29, 1.82) is 0 Å². The van der Waals surface area contributed by atoms with Gasteiger partial charge in [-0.2, -0.15) is 13.2 Å². The number of rotatable bonds is 8. The van der Waals surface area contributed by atoms with Crippen molar-refractivity contribution in [2.24, 2.45) is 11.7 Å². The fourth-order valence-corrected chi connectivity index (χ4v) is 4.70. The molecule has 218 valence electrons. The van der Waals surface area contributed by atoms with Crippen LogP contribution in [0, 0.1) is 12.8 Å². The Hall–Kier alpha value is -4.42. The average molecular weight is 577 g/mol. The Balaban J connectivity index is 1.30. The zero-order valence-corrected chi connectivity index (χ0v) is 23.4. The van der Waals surface area contributed by atoms with Gasteiger partial charge in [0, 0.05) is 72.2 Å². The first-order chi connectivity index (χ1) is 19.9. The smallest absolute Gasteiger partial charge is 0.325 e. The predicted molar refractivity (Wildman–Crippen MR) is 154 cm³/mol. The van der Waals surface area contributed by atoms with Crippen molar-refractivity contribution < 1.29 is 18.0 Å². The number of hydrogen-bond acceptors (Lipinski definition) is 8. The molecule has 1 amide bonds. The lowest BCUT2D eigenvalue weighted by Gasteiger charge is -2.46. The highest BCUT2D eigenvalue weighted by atomic mass is 19.4. The Morgan fingerprint density at radius 2 is 1.81 bits per heavy atom. The summed E-state index contributed by atoms with van der Waals surface area (Å²) in [6, 6.07) is 10.6. The topological polar surface area (TPSA) is 122 Å². The highest BCUT2D eigenvalue weighted by molar-refractivity contribution is 6.04. The van der Waals surface area contributed by atoms with Crippen LogP contribution in [0.5, 0.6) is 0 Å². The number of aromatic nitrogens is 4. The summed E-state index contributed by atoms with van der Waals surface area (Å²) in [5.41, 5.74) is 8.16. The van der Waals surface area contributed by atoms with Crippen molar-refractivity contribution >= 4 is 23.2 Å². The Bertz CT molecular complexity index is 1580. The molecule has 12 heteroatoms. The minimum absolute atomic E-state index is 0.0909. The molecule has 2 aromatic carbocycles. The second-order valence-corrected chi connectivity index (χ2v) is 11.1. The number of carbonyl (C=O) groups excluding carboxylic acids is 1. The summed E-state index contributed by atoms with van der Waals surface area (Å²) in [6.07, 6.45) is 1.70. The Labute approximate surface area is 241 Å². The van der Waals surface area contributed by atoms with E-state index in [-0.39, 0.29) is 29.1 Å². The van der Waals surface area contributed by atoms with Gasteiger partial charge in [0.15, 0.2) is 0 Å². The molecule has 4 aromatic rings. The third-order valence-electron chi connectivity index (χ3n) is 7.33. The quantitative estimate of drug-likeness (QED) is 0.254. The molecule has 0 radical (unpaired) electrons. The van der Waals surface area contributed by atoms with Gasteiger partial charge in [0.05, 0.1) is 11.3 Å². The van der Waals surface area contributed by atoms with Gasteiger partial charge in [-0.3, -0.25) is 9.69 Å². The molecule has 1 saturated heterocycles. The van der Waals surface area contributed by atoms with E-state index >= 15 is 0 Å². The van der Waals surface area contributed by atoms with E-state index in [2.05, 4.69) is 30.6 Å². The van der Waals surface area contributed by atoms with E-state index in [1.807, 2.05) is 25.7 Å². The number of hydrogen-bond donors (Lipinski definition) is 3. The number of likely N-dealkylation sites (tertiary alicyclic amines) is 1. The molecular weight excluding hydrogens is 545 g/mol. The van der Waals surface area contributed by atoms with E-state index in [1.165, 1.54) is 18.5 Å². The van der Waals surface area contributed by atoms with Crippen molar-refractivity contribution in [3.05, 3.63) is 89.6 Å². The van der Waals surface area contributed by atoms with Crippen LogP contribution in [0.2, 0.25) is 0 Å². The van der Waals surface area contributed by atoms with Crippen molar-refractivity contribution in [3.63, 3.8) is 0 Å². The minimum atomic E-state index is -4.61. The monoisotopic (exact) mass is 576 g/mol. The summed E-state index contributed by atoms with van der Waals surface area (Å²) in [7, 11) is 0. The van der Waals surface area contributed by atoms with Crippen LogP contribution in [0.25, 0.3) is 11.3 Å². The molecule has 1 aliphatic rings. The molecule has 0 saturated carbocycles. The number of halogens is 3. The number of benzene rings is 2. The number of carbonyl (C=O) groups is 1. The van der Waals surface area contributed by atoms with Crippen LogP contribution in [0.3, 0.4) is 0 Å². The lowest BCUT2D eigenvalue weighted by atomic mass is 9.82. The second kappa shape index (κ2) is 11.5. The van der Waals surface area contributed by atoms with Crippen LogP contribution in [0.4, 0.5) is 30.5 Å². The van der Waals surface area contributed by atoms with Crippen molar-refractivity contribution in [1.82, 2.24) is 24.8 Å². The molecule has 42 heavy (non-hydrogen) atoms. The number of nitrogens with one attached hydrogen (secondary N) is 2. The summed E-state index contributed by atoms with van der Waals surface area (Å²) in [6.45, 7) is 7.10. The van der Waals surface area contributed by atoms with Crippen LogP contribution in [-0.2, 0) is 12.7 Å². The minimum Gasteiger partial charge on any atom is -0.325 e. The maximum Gasteiger partial charge on any atom is 0.416 e. The third-order valence-corrected chi connectivity index (χ3v) is 7.33. The Kier molecular flexibility index (Phi) is 7.93. The van der Waals surface area contributed by atoms with Crippen LogP contribution in [0.15, 0.2) is 67.4 Å². The first-order valence-corrected chi connectivity index (χ1v) is 13.4. The standard InChI is InChI=1S/C30H31F3N8O/c1-18-4-7-23(11-26(18)40-28-37-9-8-25(39-28)21-12-35-17-36-13-21)38-27(42)19-5-6-20(24(10-19)30(31,32)33)14-41-15-22(16-41)29(2,3)34/h4-13,17,22H,14-16,34H2,1-3H3,(H,38,42)(H,37,39,40). The Morgan fingerprint density at radius 3 is 2.50 bits per heavy atom. The summed E-state index contributed by atoms with van der Waals surface area (Å²) in [5.74, 6) is -0.116. The zero-order chi connectivity index (χ0) is 30.1. The van der Waals surface area contributed by atoms with Gasteiger partial charge in [0.25, 0.3) is 5.91 Å². The van der Waals surface area contributed by atoms with Crippen LogP contribution in [0.1, 0.15) is 40.9 Å². The summed E-state index contributed by atoms with van der Waals surface area (Å²) < 4.78 is 42.0. The lowest BCUT2D eigenvalue weighted by molar-refractivity contribution is -0.138. The molecule has 2 aromatic heterocycles. The first-order valence-electron chi connectivity index (χ1n) is 13.4. The maximum absolute atomic E-state index is 14.0. The highest BCUT2D eigenvalue weighted by Crippen LogP contribution is 2.35. The highest BCUT2D eigenvalue weighted by Gasteiger charge is 2.39. The average Bonchev–Trinajstić information content (AvgIpc) is 2.92. The molecule has 0 atom stereocenters. The fourth-order valence-electron chi connectivity index (χ4n) is 4.70. The van der Waals surface area contributed by atoms with E-state index < -0.39 is 17.6 Å². The van der Waals surface area contributed by atoms with E-state index in [0.717, 1.165) is 17.2 Å². The Morgan fingerprint density at radius 1 is 1.07 bits per heavy atom. The van der Waals surface area contributed by atoms with Gasteiger partial charge in [-0.05, 0) is 62.2 Å². The molecule has 0 aliphatic carbocycles. The molecule has 1 fully saturated rings. The molecule has 0 unspecified atom stereocenters. The van der Waals surface area contributed by atoms with Gasteiger partial charge in [0.1, 0.15) is 6.33 Å². The molecule has 3 heterocycles. The number of amides is 1. The van der Waals surface area contributed by atoms with Crippen molar-refractivity contribution in [2.75, 3.05) is 23.7 Å². The van der Waals surface area contributed by atoms with Gasteiger partial charge in [0.2, 0.25) is 5.95 Å². The summed E-state index contributed by atoms with van der Waals surface area (Å²) in [4.78, 5) is 31.7. The van der Waals surface area contributed by atoms with Gasteiger partial charge >= 0.3 is 6.18 Å². The van der Waals surface area contributed by atoms with Gasteiger partial charge in [-0.15, -0.1) is 0 Å². The molecular formula is C30H31F3N8O. The van der Waals surface area contributed by atoms with Crippen LogP contribution >= 0.6 is 0 Å². The molecule has 9 nitrogen and oxygen atoms in total. The molecule has 4 N–H and O–H groups in total. The second-order valence-electron chi connectivity index (χ2n) is 11.1. The molecule has 5 rings (SSSR count). The van der Waals surface area contributed by atoms with Gasteiger partial charge in [-0.25, -0.2) is 19.9 Å². The van der Waals surface area contributed by atoms with Crippen LogP contribution < -0.4 is 16.4 Å². The number of nitrogens with two attached hydrogens (primary N) is 1. The van der Waals surface area contributed by atoms with Crippen LogP contribution in [-0.4, -0.2) is 49.4 Å². The third kappa shape index (κ3) is 6.72. The molecule has 0 bridgehead atoms. The maximum atomic E-state index is 14.0. The van der Waals surface area contributed by atoms with Crippen molar-refractivity contribution in [2.45, 2.75) is 39.0 Å². The summed E-state index contributed by atoms with van der Waals surface area (Å²) in [5, 5.41) is 5.84. The normalized spacial score (nSPS) is 14.4. The summed E-state index contributed by atoms with van der Waals surface area (Å²) >= 11 is 0. The molecule has 1 aliphatic heterocycles. The lowest BCUT2D eigenvalue weighted by Crippen LogP contribution is -2.58. The van der Waals surface area contributed by atoms with Gasteiger partial charge in [-0.1, -0.05) is 12.1 Å². The number of nitrogens with zero attached hydrogens (tertiary/aromatic N) is 5. The molecule has 0 spiro atoms. The van der Waals surface area contributed by atoms with E-state index in [4.69, 9.17) is 5.73 Å². The predicted octanol–water partition coefficient (Wildman–Crippen LogP) is 5.43. The number of anilines is 3. The van der Waals surface area contributed by atoms with E-state index in [1.54, 1.807) is 42.9 Å².